The molecule has 0 aliphatic heterocycles. The zero-order chi connectivity index (χ0) is 15.6. The Kier molecular flexibility index (Phi) is 5.79. The van der Waals surface area contributed by atoms with E-state index in [1.54, 1.807) is 19.1 Å². The quantitative estimate of drug-likeness (QED) is 0.838. The van der Waals surface area contributed by atoms with Gasteiger partial charge in [0.1, 0.15) is 11.6 Å². The van der Waals surface area contributed by atoms with Crippen molar-refractivity contribution in [1.29, 1.82) is 0 Å². The van der Waals surface area contributed by atoms with Crippen LogP contribution in [0.3, 0.4) is 0 Å². The molecule has 0 unspecified atom stereocenters. The van der Waals surface area contributed by atoms with Gasteiger partial charge in [-0.3, -0.25) is 0 Å². The lowest BCUT2D eigenvalue weighted by molar-refractivity contribution is -0.274. The lowest BCUT2D eigenvalue weighted by atomic mass is 9.98. The fourth-order valence-electron chi connectivity index (χ4n) is 1.87. The zero-order valence-corrected chi connectivity index (χ0v) is 12.3. The molecule has 1 atom stereocenters. The van der Waals surface area contributed by atoms with Crippen LogP contribution in [0.5, 0.6) is 5.75 Å². The van der Waals surface area contributed by atoms with Crippen LogP contribution in [-0.2, 0) is 0 Å². The van der Waals surface area contributed by atoms with Gasteiger partial charge in [0.2, 0.25) is 0 Å². The van der Waals surface area contributed by atoms with Crippen molar-refractivity contribution in [2.45, 2.75) is 19.3 Å². The molecule has 22 heavy (non-hydrogen) atoms. The van der Waals surface area contributed by atoms with Crippen molar-refractivity contribution in [2.75, 3.05) is 0 Å². The summed E-state index contributed by atoms with van der Waals surface area (Å²) >= 11 is 0. The molecule has 0 amide bonds. The molecule has 7 heteroatoms. The molecule has 0 heterocycles. The second kappa shape index (κ2) is 6.98. The van der Waals surface area contributed by atoms with Crippen molar-refractivity contribution in [3.63, 3.8) is 0 Å². The van der Waals surface area contributed by atoms with Crippen LogP contribution in [0.1, 0.15) is 22.7 Å². The Morgan fingerprint density at radius 1 is 1.00 bits per heavy atom. The lowest BCUT2D eigenvalue weighted by Gasteiger charge is -2.14. The normalized spacial score (nSPS) is 12.5. The Hall–Kier alpha value is -1.79. The Balaban J connectivity index is 0.00000242. The smallest absolute Gasteiger partial charge is 0.406 e. The van der Waals surface area contributed by atoms with Crippen LogP contribution in [0.25, 0.3) is 0 Å². The molecule has 0 aliphatic rings. The van der Waals surface area contributed by atoms with E-state index in [0.29, 0.717) is 16.7 Å². The molecule has 2 nitrogen and oxygen atoms in total. The van der Waals surface area contributed by atoms with Gasteiger partial charge in [-0.2, -0.15) is 0 Å². The van der Waals surface area contributed by atoms with E-state index in [9.17, 15) is 17.6 Å². The third-order valence-electron chi connectivity index (χ3n) is 3.03. The minimum atomic E-state index is -4.73. The fraction of sp³-hybridized carbons (Fsp3) is 0.200. The molecule has 120 valence electrons. The summed E-state index contributed by atoms with van der Waals surface area (Å²) in [4.78, 5) is 0. The van der Waals surface area contributed by atoms with E-state index < -0.39 is 12.4 Å². The molecule has 2 aromatic rings. The second-order valence-electron chi connectivity index (χ2n) is 4.60. The van der Waals surface area contributed by atoms with Gasteiger partial charge in [-0.15, -0.1) is 25.6 Å². The van der Waals surface area contributed by atoms with Crippen LogP contribution in [0.15, 0.2) is 42.5 Å². The molecule has 0 saturated heterocycles. The van der Waals surface area contributed by atoms with Gasteiger partial charge in [0.25, 0.3) is 0 Å². The van der Waals surface area contributed by atoms with Gasteiger partial charge in [-0.05, 0) is 41.8 Å². The highest BCUT2D eigenvalue weighted by Crippen LogP contribution is 2.26. The van der Waals surface area contributed by atoms with Crippen molar-refractivity contribution in [1.82, 2.24) is 0 Å². The Morgan fingerprint density at radius 3 is 2.05 bits per heavy atom. The van der Waals surface area contributed by atoms with E-state index in [2.05, 4.69) is 4.74 Å². The number of rotatable bonds is 3. The second-order valence-corrected chi connectivity index (χ2v) is 4.60. The first-order valence-corrected chi connectivity index (χ1v) is 6.13. The zero-order valence-electron chi connectivity index (χ0n) is 11.5. The summed E-state index contributed by atoms with van der Waals surface area (Å²) in [6.07, 6.45) is -4.73. The molecule has 0 aromatic heterocycles. The maximum Gasteiger partial charge on any atom is 0.573 e. The molecule has 2 N–H and O–H groups in total. The standard InChI is InChI=1S/C15H13F4NO.ClH/c1-9-2-3-11(8-13(9)16)14(20)10-4-6-12(7-5-10)21-15(17,18)19;/h2-8,14H,20H2,1H3;1H/t14-;/m1./s1. The van der Waals surface area contributed by atoms with E-state index in [1.165, 1.54) is 30.3 Å². The molecule has 0 saturated carbocycles. The minimum Gasteiger partial charge on any atom is -0.406 e. The number of aryl methyl sites for hydroxylation is 1. The van der Waals surface area contributed by atoms with E-state index in [0.717, 1.165) is 0 Å². The largest absolute Gasteiger partial charge is 0.573 e. The molecule has 0 bridgehead atoms. The molecule has 2 rings (SSSR count). The van der Waals surface area contributed by atoms with Gasteiger partial charge in [-0.25, -0.2) is 4.39 Å². The van der Waals surface area contributed by atoms with Crippen LogP contribution in [0, 0.1) is 12.7 Å². The first-order valence-electron chi connectivity index (χ1n) is 6.13. The van der Waals surface area contributed by atoms with Crippen molar-refractivity contribution in [3.8, 4) is 5.75 Å². The Bertz CT molecular complexity index is 628. The minimum absolute atomic E-state index is 0. The van der Waals surface area contributed by atoms with Crippen molar-refractivity contribution in [2.24, 2.45) is 5.73 Å². The van der Waals surface area contributed by atoms with E-state index in [4.69, 9.17) is 5.73 Å². The lowest BCUT2D eigenvalue weighted by Crippen LogP contribution is -2.17. The van der Waals surface area contributed by atoms with E-state index in [-0.39, 0.29) is 24.0 Å². The third-order valence-corrected chi connectivity index (χ3v) is 3.03. The van der Waals surface area contributed by atoms with Gasteiger partial charge in [0.15, 0.2) is 0 Å². The molecule has 0 aliphatic carbocycles. The van der Waals surface area contributed by atoms with Crippen LogP contribution in [-0.4, -0.2) is 6.36 Å². The highest BCUT2D eigenvalue weighted by atomic mass is 35.5. The van der Waals surface area contributed by atoms with Gasteiger partial charge in [0, 0.05) is 0 Å². The summed E-state index contributed by atoms with van der Waals surface area (Å²) < 4.78 is 53.5. The average Bonchev–Trinajstić information content (AvgIpc) is 2.40. The maximum absolute atomic E-state index is 13.5. The SMILES string of the molecule is Cc1ccc([C@H](N)c2ccc(OC(F)(F)F)cc2)cc1F.Cl. The van der Waals surface area contributed by atoms with Gasteiger partial charge in [0.05, 0.1) is 6.04 Å². The van der Waals surface area contributed by atoms with Crippen LogP contribution >= 0.6 is 12.4 Å². The topological polar surface area (TPSA) is 35.2 Å². The predicted molar refractivity (Wildman–Crippen MR) is 77.5 cm³/mol. The summed E-state index contributed by atoms with van der Waals surface area (Å²) in [7, 11) is 0. The third kappa shape index (κ3) is 4.61. The number of nitrogens with two attached hydrogens (primary N) is 1. The summed E-state index contributed by atoms with van der Waals surface area (Å²) in [6, 6.07) is 9.17. The number of hydrogen-bond acceptors (Lipinski definition) is 2. The summed E-state index contributed by atoms with van der Waals surface area (Å²) in [5.41, 5.74) is 7.59. The number of alkyl halides is 3. The summed E-state index contributed by atoms with van der Waals surface area (Å²) in [5.74, 6) is -0.700. The van der Waals surface area contributed by atoms with Crippen LogP contribution in [0.2, 0.25) is 0 Å². The Labute approximate surface area is 131 Å². The number of benzene rings is 2. The molecule has 0 spiro atoms. The monoisotopic (exact) mass is 335 g/mol. The predicted octanol–water partition coefficient (Wildman–Crippen LogP) is 4.50. The van der Waals surface area contributed by atoms with E-state index >= 15 is 0 Å². The molecule has 0 fully saturated rings. The highest BCUT2D eigenvalue weighted by Gasteiger charge is 2.31. The fourth-order valence-corrected chi connectivity index (χ4v) is 1.87. The molecule has 2 aromatic carbocycles. The first kappa shape index (κ1) is 18.3. The van der Waals surface area contributed by atoms with Crippen LogP contribution < -0.4 is 10.5 Å². The van der Waals surface area contributed by atoms with Crippen molar-refractivity contribution >= 4 is 12.4 Å². The van der Waals surface area contributed by atoms with Gasteiger partial charge >= 0.3 is 6.36 Å². The number of ether oxygens (including phenoxy) is 1. The summed E-state index contributed by atoms with van der Waals surface area (Å²) in [6.45, 7) is 1.63. The number of hydrogen-bond donors (Lipinski definition) is 1. The highest BCUT2D eigenvalue weighted by molar-refractivity contribution is 5.85. The summed E-state index contributed by atoms with van der Waals surface area (Å²) in [5, 5.41) is 0. The maximum atomic E-state index is 13.5. The molecule has 0 radical (unpaired) electrons. The number of halogens is 5. The molecular formula is C15H14ClF4NO. The van der Waals surface area contributed by atoms with Crippen molar-refractivity contribution in [3.05, 3.63) is 65.0 Å². The van der Waals surface area contributed by atoms with Gasteiger partial charge in [-0.1, -0.05) is 24.3 Å². The van der Waals surface area contributed by atoms with Gasteiger partial charge < -0.3 is 10.5 Å². The van der Waals surface area contributed by atoms with E-state index in [1.807, 2.05) is 0 Å². The first-order chi connectivity index (χ1) is 9.76. The average molecular weight is 336 g/mol. The molecular weight excluding hydrogens is 322 g/mol. The van der Waals surface area contributed by atoms with Crippen molar-refractivity contribution < 1.29 is 22.3 Å². The Morgan fingerprint density at radius 2 is 1.55 bits per heavy atom. The van der Waals surface area contributed by atoms with Crippen LogP contribution in [0.4, 0.5) is 17.6 Å².